The molecule has 0 aliphatic heterocycles. The fraction of sp³-hybridized carbons (Fsp3) is 0.231. The molecule has 0 aromatic heterocycles. The molecule has 0 aliphatic rings. The molecule has 3 aromatic carbocycles. The Bertz CT molecular complexity index is 1130. The molecule has 7 nitrogen and oxygen atoms in total. The highest BCUT2D eigenvalue weighted by molar-refractivity contribution is 9.10. The van der Waals surface area contributed by atoms with Crippen molar-refractivity contribution in [1.82, 2.24) is 0 Å². The normalized spacial score (nSPS) is 10.4. The first kappa shape index (κ1) is 25.1. The Kier molecular flexibility index (Phi) is 8.93. The van der Waals surface area contributed by atoms with Gasteiger partial charge < -0.3 is 25.4 Å². The lowest BCUT2D eigenvalue weighted by Gasteiger charge is -2.16. The van der Waals surface area contributed by atoms with Crippen molar-refractivity contribution in [1.29, 1.82) is 0 Å². The van der Waals surface area contributed by atoms with Crippen LogP contribution >= 0.6 is 15.9 Å². The van der Waals surface area contributed by atoms with E-state index >= 15 is 0 Å². The van der Waals surface area contributed by atoms with Crippen LogP contribution < -0.4 is 25.4 Å². The van der Waals surface area contributed by atoms with E-state index in [1.807, 2.05) is 74.5 Å². The van der Waals surface area contributed by atoms with Crippen molar-refractivity contribution in [3.8, 4) is 11.5 Å². The fourth-order valence-corrected chi connectivity index (χ4v) is 3.78. The first-order valence-corrected chi connectivity index (χ1v) is 11.7. The van der Waals surface area contributed by atoms with Gasteiger partial charge in [0.15, 0.2) is 18.1 Å². The summed E-state index contributed by atoms with van der Waals surface area (Å²) in [4.78, 5) is 23.5. The molecular formula is C26H28BrN3O4. The Balaban J connectivity index is 1.63. The van der Waals surface area contributed by atoms with Crippen molar-refractivity contribution < 1.29 is 19.1 Å². The third kappa shape index (κ3) is 7.52. The zero-order valence-corrected chi connectivity index (χ0v) is 21.0. The van der Waals surface area contributed by atoms with Gasteiger partial charge in [-0.1, -0.05) is 17.7 Å². The SMILES string of the molecule is CCOc1cc(CNc2ccc(NC(C)=O)cc2)cc(Br)c1OCC(=O)Nc1ccc(C)cc1. The zero-order valence-electron chi connectivity index (χ0n) is 19.4. The van der Waals surface area contributed by atoms with Gasteiger partial charge in [0.25, 0.3) is 5.91 Å². The van der Waals surface area contributed by atoms with Gasteiger partial charge in [0, 0.05) is 30.5 Å². The van der Waals surface area contributed by atoms with Gasteiger partial charge in [-0.2, -0.15) is 0 Å². The molecule has 0 saturated carbocycles. The van der Waals surface area contributed by atoms with Crippen LogP contribution in [0.2, 0.25) is 0 Å². The molecule has 0 spiro atoms. The second-order valence-corrected chi connectivity index (χ2v) is 8.51. The molecule has 0 radical (unpaired) electrons. The molecule has 0 unspecified atom stereocenters. The number of hydrogen-bond donors (Lipinski definition) is 3. The molecule has 0 bridgehead atoms. The molecule has 8 heteroatoms. The maximum atomic E-state index is 12.3. The highest BCUT2D eigenvalue weighted by atomic mass is 79.9. The van der Waals surface area contributed by atoms with Crippen LogP contribution in [0.5, 0.6) is 11.5 Å². The van der Waals surface area contributed by atoms with Gasteiger partial charge in [0.2, 0.25) is 5.91 Å². The summed E-state index contributed by atoms with van der Waals surface area (Å²) in [6, 6.07) is 18.9. The maximum Gasteiger partial charge on any atom is 0.262 e. The number of aryl methyl sites for hydroxylation is 1. The van der Waals surface area contributed by atoms with Crippen molar-refractivity contribution in [2.45, 2.75) is 27.3 Å². The lowest BCUT2D eigenvalue weighted by molar-refractivity contribution is -0.118. The summed E-state index contributed by atoms with van der Waals surface area (Å²) in [5, 5.41) is 8.91. The molecule has 3 N–H and O–H groups in total. The topological polar surface area (TPSA) is 88.7 Å². The molecule has 2 amide bonds. The number of anilines is 3. The summed E-state index contributed by atoms with van der Waals surface area (Å²) in [7, 11) is 0. The Morgan fingerprint density at radius 2 is 1.50 bits per heavy atom. The molecule has 34 heavy (non-hydrogen) atoms. The second-order valence-electron chi connectivity index (χ2n) is 7.65. The third-order valence-corrected chi connectivity index (χ3v) is 5.34. The average molecular weight is 526 g/mol. The lowest BCUT2D eigenvalue weighted by atomic mass is 10.2. The highest BCUT2D eigenvalue weighted by Crippen LogP contribution is 2.37. The van der Waals surface area contributed by atoms with Crippen LogP contribution in [-0.2, 0) is 16.1 Å². The molecule has 0 aliphatic carbocycles. The number of nitrogens with one attached hydrogen (secondary N) is 3. The van der Waals surface area contributed by atoms with Gasteiger partial charge >= 0.3 is 0 Å². The first-order valence-electron chi connectivity index (χ1n) is 10.9. The van der Waals surface area contributed by atoms with Crippen LogP contribution in [0.1, 0.15) is 25.0 Å². The van der Waals surface area contributed by atoms with Crippen molar-refractivity contribution in [3.63, 3.8) is 0 Å². The molecule has 0 saturated heterocycles. The lowest BCUT2D eigenvalue weighted by Crippen LogP contribution is -2.20. The monoisotopic (exact) mass is 525 g/mol. The largest absolute Gasteiger partial charge is 0.490 e. The predicted molar refractivity (Wildman–Crippen MR) is 139 cm³/mol. The van der Waals surface area contributed by atoms with Gasteiger partial charge in [-0.15, -0.1) is 0 Å². The number of hydrogen-bond acceptors (Lipinski definition) is 5. The third-order valence-electron chi connectivity index (χ3n) is 4.75. The minimum absolute atomic E-state index is 0.107. The van der Waals surface area contributed by atoms with Crippen LogP contribution in [0.25, 0.3) is 0 Å². The molecule has 178 valence electrons. The average Bonchev–Trinajstić information content (AvgIpc) is 2.79. The van der Waals surface area contributed by atoms with Gasteiger partial charge in [-0.25, -0.2) is 0 Å². The van der Waals surface area contributed by atoms with Crippen LogP contribution in [0.4, 0.5) is 17.1 Å². The minimum Gasteiger partial charge on any atom is -0.490 e. The van der Waals surface area contributed by atoms with E-state index in [9.17, 15) is 9.59 Å². The van der Waals surface area contributed by atoms with Crippen molar-refractivity contribution in [3.05, 3.63) is 76.3 Å². The summed E-state index contributed by atoms with van der Waals surface area (Å²) < 4.78 is 12.3. The van der Waals surface area contributed by atoms with Gasteiger partial charge in [-0.3, -0.25) is 9.59 Å². The quantitative estimate of drug-likeness (QED) is 0.314. The Hall–Kier alpha value is -3.52. The molecule has 0 heterocycles. The fourth-order valence-electron chi connectivity index (χ4n) is 3.18. The number of amides is 2. The predicted octanol–water partition coefficient (Wildman–Crippen LogP) is 5.74. The van der Waals surface area contributed by atoms with E-state index in [0.717, 1.165) is 28.2 Å². The molecular weight excluding hydrogens is 498 g/mol. The van der Waals surface area contributed by atoms with Gasteiger partial charge in [0.1, 0.15) is 0 Å². The smallest absolute Gasteiger partial charge is 0.262 e. The Morgan fingerprint density at radius 1 is 0.882 bits per heavy atom. The minimum atomic E-state index is -0.258. The van der Waals surface area contributed by atoms with Crippen molar-refractivity contribution >= 4 is 44.8 Å². The molecule has 0 fully saturated rings. The van der Waals surface area contributed by atoms with Crippen molar-refractivity contribution in [2.24, 2.45) is 0 Å². The summed E-state index contributed by atoms with van der Waals surface area (Å²) in [6.45, 7) is 6.22. The Labute approximate surface area is 208 Å². The summed E-state index contributed by atoms with van der Waals surface area (Å²) in [6.07, 6.45) is 0. The van der Waals surface area contributed by atoms with Crippen LogP contribution in [0.15, 0.2) is 65.1 Å². The number of rotatable bonds is 10. The van der Waals surface area contributed by atoms with E-state index in [1.54, 1.807) is 0 Å². The molecule has 0 atom stereocenters. The van der Waals surface area contributed by atoms with Crippen LogP contribution in [0, 0.1) is 6.92 Å². The van der Waals surface area contributed by atoms with Crippen LogP contribution in [0.3, 0.4) is 0 Å². The van der Waals surface area contributed by atoms with E-state index < -0.39 is 0 Å². The van der Waals surface area contributed by atoms with Gasteiger partial charge in [0.05, 0.1) is 11.1 Å². The zero-order chi connectivity index (χ0) is 24.5. The number of ether oxygens (including phenoxy) is 2. The summed E-state index contributed by atoms with van der Waals surface area (Å²) in [5.41, 5.74) is 4.47. The van der Waals surface area contributed by atoms with E-state index in [0.29, 0.717) is 29.1 Å². The standard InChI is InChI=1S/C26H28BrN3O4/c1-4-33-24-14-19(15-28-20-9-11-21(12-10-20)29-18(3)31)13-23(27)26(24)34-16-25(32)30-22-7-5-17(2)6-8-22/h5-14,28H,4,15-16H2,1-3H3,(H,29,31)(H,30,32). The summed E-state index contributed by atoms with van der Waals surface area (Å²) in [5.74, 6) is 0.665. The number of carbonyl (C=O) groups excluding carboxylic acids is 2. The molecule has 3 aromatic rings. The number of halogens is 1. The van der Waals surface area contributed by atoms with E-state index in [2.05, 4.69) is 31.9 Å². The number of benzene rings is 3. The summed E-state index contributed by atoms with van der Waals surface area (Å²) >= 11 is 3.55. The maximum absolute atomic E-state index is 12.3. The molecule has 3 rings (SSSR count). The van der Waals surface area contributed by atoms with E-state index in [-0.39, 0.29) is 18.4 Å². The second kappa shape index (κ2) is 12.1. The Morgan fingerprint density at radius 3 is 2.15 bits per heavy atom. The number of carbonyl (C=O) groups is 2. The van der Waals surface area contributed by atoms with E-state index in [1.165, 1.54) is 6.92 Å². The van der Waals surface area contributed by atoms with E-state index in [4.69, 9.17) is 9.47 Å². The first-order chi connectivity index (χ1) is 16.3. The van der Waals surface area contributed by atoms with Crippen LogP contribution in [-0.4, -0.2) is 25.0 Å². The van der Waals surface area contributed by atoms with Gasteiger partial charge in [-0.05, 0) is 83.9 Å². The van der Waals surface area contributed by atoms with Crippen molar-refractivity contribution in [2.75, 3.05) is 29.2 Å². The highest BCUT2D eigenvalue weighted by Gasteiger charge is 2.14.